The Kier molecular flexibility index (Phi) is 5.39. The minimum Gasteiger partial charge on any atom is -0.359 e. The van der Waals surface area contributed by atoms with Crippen LogP contribution in [-0.4, -0.2) is 48.1 Å². The fraction of sp³-hybridized carbons (Fsp3) is 0.350. The molecule has 8 nitrogen and oxygen atoms in total. The molecule has 28 heavy (non-hydrogen) atoms. The summed E-state index contributed by atoms with van der Waals surface area (Å²) in [7, 11) is 1.52. The second-order valence-corrected chi connectivity index (χ2v) is 6.93. The van der Waals surface area contributed by atoms with Crippen LogP contribution >= 0.6 is 0 Å². The summed E-state index contributed by atoms with van der Waals surface area (Å²) in [6, 6.07) is 3.99. The van der Waals surface area contributed by atoms with Gasteiger partial charge in [-0.3, -0.25) is 24.3 Å². The van der Waals surface area contributed by atoms with Crippen molar-refractivity contribution in [2.24, 2.45) is 0 Å². The SMILES string of the molecule is CNC(=O)CCC(C=O)N1C(=O)c2ccc(C(=O)NC(C)C)c3nccc1c23. The van der Waals surface area contributed by atoms with Crippen LogP contribution in [0, 0.1) is 0 Å². The predicted octanol–water partition coefficient (Wildman–Crippen LogP) is 1.43. The minimum atomic E-state index is -0.782. The molecule has 0 saturated carbocycles. The summed E-state index contributed by atoms with van der Waals surface area (Å²) in [5, 5.41) is 5.89. The molecule has 1 aliphatic heterocycles. The number of nitrogens with zero attached hydrogens (tertiary/aromatic N) is 2. The molecule has 8 heteroatoms. The summed E-state index contributed by atoms with van der Waals surface area (Å²) in [4.78, 5) is 54.5. The number of benzene rings is 1. The topological polar surface area (TPSA) is 108 Å². The van der Waals surface area contributed by atoms with E-state index in [1.807, 2.05) is 13.8 Å². The highest BCUT2D eigenvalue weighted by molar-refractivity contribution is 6.27. The van der Waals surface area contributed by atoms with E-state index in [-0.39, 0.29) is 36.6 Å². The molecule has 3 amide bonds. The van der Waals surface area contributed by atoms with Crippen LogP contribution in [0.1, 0.15) is 47.4 Å². The van der Waals surface area contributed by atoms with Gasteiger partial charge in [-0.25, -0.2) is 0 Å². The van der Waals surface area contributed by atoms with E-state index in [2.05, 4.69) is 15.6 Å². The Morgan fingerprint density at radius 3 is 2.64 bits per heavy atom. The molecule has 1 aromatic heterocycles. The molecule has 0 bridgehead atoms. The summed E-state index contributed by atoms with van der Waals surface area (Å²) in [6.45, 7) is 3.72. The average Bonchev–Trinajstić information content (AvgIpc) is 2.96. The molecule has 1 aliphatic rings. The van der Waals surface area contributed by atoms with Crippen molar-refractivity contribution in [3.8, 4) is 0 Å². The highest BCUT2D eigenvalue weighted by Crippen LogP contribution is 2.39. The molecule has 0 spiro atoms. The second-order valence-electron chi connectivity index (χ2n) is 6.93. The fourth-order valence-electron chi connectivity index (χ4n) is 3.38. The van der Waals surface area contributed by atoms with Crippen molar-refractivity contribution in [3.05, 3.63) is 35.5 Å². The highest BCUT2D eigenvalue weighted by Gasteiger charge is 2.36. The Labute approximate surface area is 162 Å². The fourth-order valence-corrected chi connectivity index (χ4v) is 3.38. The summed E-state index contributed by atoms with van der Waals surface area (Å²) < 4.78 is 0. The van der Waals surface area contributed by atoms with E-state index < -0.39 is 6.04 Å². The first kappa shape index (κ1) is 19.5. The number of aldehydes is 1. The number of anilines is 1. The molecule has 0 fully saturated rings. The van der Waals surface area contributed by atoms with E-state index >= 15 is 0 Å². The average molecular weight is 382 g/mol. The van der Waals surface area contributed by atoms with Crippen LogP contribution in [-0.2, 0) is 9.59 Å². The zero-order chi connectivity index (χ0) is 20.4. The lowest BCUT2D eigenvalue weighted by atomic mass is 10.0. The molecular weight excluding hydrogens is 360 g/mol. The standard InChI is InChI=1S/C20H22N4O4/c1-11(2)23-19(27)14-6-5-13-17-15(8-9-22-18(14)17)24(20(13)28)12(10-25)4-7-16(26)21-3/h5-6,8-12H,4,7H2,1-3H3,(H,21,26)(H,23,27). The third-order valence-corrected chi connectivity index (χ3v) is 4.68. The van der Waals surface area contributed by atoms with Crippen molar-refractivity contribution in [1.82, 2.24) is 15.6 Å². The van der Waals surface area contributed by atoms with Crippen LogP contribution in [0.3, 0.4) is 0 Å². The first-order valence-corrected chi connectivity index (χ1v) is 9.11. The van der Waals surface area contributed by atoms with Crippen molar-refractivity contribution in [2.45, 2.75) is 38.8 Å². The van der Waals surface area contributed by atoms with Gasteiger partial charge in [-0.1, -0.05) is 0 Å². The van der Waals surface area contributed by atoms with Crippen molar-refractivity contribution < 1.29 is 19.2 Å². The van der Waals surface area contributed by atoms with Crippen LogP contribution in [0.5, 0.6) is 0 Å². The van der Waals surface area contributed by atoms with Gasteiger partial charge in [-0.05, 0) is 38.5 Å². The van der Waals surface area contributed by atoms with Crippen molar-refractivity contribution >= 4 is 40.6 Å². The predicted molar refractivity (Wildman–Crippen MR) is 104 cm³/mol. The number of amides is 3. The number of nitrogens with one attached hydrogen (secondary N) is 2. The third-order valence-electron chi connectivity index (χ3n) is 4.68. The van der Waals surface area contributed by atoms with Crippen molar-refractivity contribution in [2.75, 3.05) is 11.9 Å². The Morgan fingerprint density at radius 1 is 1.25 bits per heavy atom. The monoisotopic (exact) mass is 382 g/mol. The molecule has 1 atom stereocenters. The zero-order valence-electron chi connectivity index (χ0n) is 16.0. The lowest BCUT2D eigenvalue weighted by Crippen LogP contribution is -2.39. The van der Waals surface area contributed by atoms with Gasteiger partial charge in [0.1, 0.15) is 6.29 Å². The first-order chi connectivity index (χ1) is 13.4. The number of carbonyl (C=O) groups excluding carboxylic acids is 4. The Hall–Kier alpha value is -3.29. The smallest absolute Gasteiger partial charge is 0.259 e. The maximum absolute atomic E-state index is 13.0. The number of hydrogen-bond acceptors (Lipinski definition) is 5. The van der Waals surface area contributed by atoms with Crippen LogP contribution in [0.4, 0.5) is 5.69 Å². The molecule has 2 heterocycles. The molecule has 146 valence electrons. The lowest BCUT2D eigenvalue weighted by Gasteiger charge is -2.24. The first-order valence-electron chi connectivity index (χ1n) is 9.11. The van der Waals surface area contributed by atoms with Crippen molar-refractivity contribution in [1.29, 1.82) is 0 Å². The zero-order valence-corrected chi connectivity index (χ0v) is 16.0. The van der Waals surface area contributed by atoms with Gasteiger partial charge in [0, 0.05) is 31.1 Å². The molecule has 0 saturated heterocycles. The van der Waals surface area contributed by atoms with E-state index in [4.69, 9.17) is 0 Å². The molecule has 2 N–H and O–H groups in total. The van der Waals surface area contributed by atoms with E-state index in [0.29, 0.717) is 34.0 Å². The normalized spacial score (nSPS) is 13.7. The Bertz CT molecular complexity index is 970. The maximum atomic E-state index is 13.0. The number of hydrogen-bond donors (Lipinski definition) is 2. The van der Waals surface area contributed by atoms with Crippen molar-refractivity contribution in [3.63, 3.8) is 0 Å². The molecular formula is C20H22N4O4. The van der Waals surface area contributed by atoms with Gasteiger partial charge in [0.2, 0.25) is 5.91 Å². The third kappa shape index (κ3) is 3.33. The maximum Gasteiger partial charge on any atom is 0.259 e. The van der Waals surface area contributed by atoms with Gasteiger partial charge in [0.25, 0.3) is 11.8 Å². The summed E-state index contributed by atoms with van der Waals surface area (Å²) in [5.74, 6) is -0.815. The van der Waals surface area contributed by atoms with Crippen LogP contribution < -0.4 is 15.5 Å². The summed E-state index contributed by atoms with van der Waals surface area (Å²) >= 11 is 0. The number of carbonyl (C=O) groups is 4. The minimum absolute atomic E-state index is 0.0437. The molecule has 0 aliphatic carbocycles. The number of aromatic nitrogens is 1. The summed E-state index contributed by atoms with van der Waals surface area (Å²) in [5.41, 5.74) is 1.71. The van der Waals surface area contributed by atoms with Crippen LogP contribution in [0.25, 0.3) is 10.9 Å². The van der Waals surface area contributed by atoms with Gasteiger partial charge >= 0.3 is 0 Å². The van der Waals surface area contributed by atoms with Gasteiger partial charge < -0.3 is 15.4 Å². The van der Waals surface area contributed by atoms with E-state index in [9.17, 15) is 19.2 Å². The van der Waals surface area contributed by atoms with Crippen LogP contribution in [0.15, 0.2) is 24.4 Å². The Balaban J connectivity index is 2.05. The van der Waals surface area contributed by atoms with Gasteiger partial charge in [0.15, 0.2) is 0 Å². The quantitative estimate of drug-likeness (QED) is 0.704. The number of pyridine rings is 1. The molecule has 1 aromatic carbocycles. The van der Waals surface area contributed by atoms with E-state index in [0.717, 1.165) is 0 Å². The van der Waals surface area contributed by atoms with Gasteiger partial charge in [-0.2, -0.15) is 0 Å². The Morgan fingerprint density at radius 2 is 2.00 bits per heavy atom. The highest BCUT2D eigenvalue weighted by atomic mass is 16.2. The molecule has 2 aromatic rings. The second kappa shape index (κ2) is 7.75. The van der Waals surface area contributed by atoms with E-state index in [1.165, 1.54) is 18.1 Å². The molecule has 3 rings (SSSR count). The number of rotatable bonds is 7. The molecule has 1 unspecified atom stereocenters. The summed E-state index contributed by atoms with van der Waals surface area (Å²) in [6.07, 6.45) is 2.51. The van der Waals surface area contributed by atoms with E-state index in [1.54, 1.807) is 18.2 Å². The van der Waals surface area contributed by atoms with Gasteiger partial charge in [0.05, 0.1) is 28.4 Å². The van der Waals surface area contributed by atoms with Crippen LogP contribution in [0.2, 0.25) is 0 Å². The largest absolute Gasteiger partial charge is 0.359 e. The molecule has 0 radical (unpaired) electrons. The van der Waals surface area contributed by atoms with Gasteiger partial charge in [-0.15, -0.1) is 0 Å². The lowest BCUT2D eigenvalue weighted by molar-refractivity contribution is -0.120.